The molecule has 28 heavy (non-hydrogen) atoms. The molecule has 2 rings (SSSR count). The third kappa shape index (κ3) is 5.91. The van der Waals surface area contributed by atoms with Crippen molar-refractivity contribution in [2.45, 2.75) is 49.9 Å². The molecule has 0 unspecified atom stereocenters. The van der Waals surface area contributed by atoms with Crippen LogP contribution in [-0.2, 0) is 23.1 Å². The SMILES string of the molecule is CCCC(=O)Nc1ccc(C(=O)[C@H](C)Sc2nnc(CCC(N)=O)n2C)cc1. The summed E-state index contributed by atoms with van der Waals surface area (Å²) < 4.78 is 1.77. The molecule has 3 N–H and O–H groups in total. The van der Waals surface area contributed by atoms with E-state index in [1.165, 1.54) is 11.8 Å². The van der Waals surface area contributed by atoms with Crippen LogP contribution in [0.5, 0.6) is 0 Å². The number of hydrogen-bond acceptors (Lipinski definition) is 6. The van der Waals surface area contributed by atoms with Crippen LogP contribution in [0.15, 0.2) is 29.4 Å². The predicted octanol–water partition coefficient (Wildman–Crippen LogP) is 2.34. The minimum absolute atomic E-state index is 0.0417. The molecular weight excluding hydrogens is 378 g/mol. The Hall–Kier alpha value is -2.68. The van der Waals surface area contributed by atoms with Gasteiger partial charge in [0.25, 0.3) is 0 Å². The molecule has 0 aliphatic heterocycles. The standard InChI is InChI=1S/C19H25N5O3S/c1-4-5-17(26)21-14-8-6-13(7-9-14)18(27)12(2)28-19-23-22-16(24(19)3)11-10-15(20)25/h6-9,12H,4-5,10-11H2,1-3H3,(H2,20,25)(H,21,26)/t12-/m0/s1. The van der Waals surface area contributed by atoms with E-state index in [0.717, 1.165) is 6.42 Å². The third-order valence-electron chi connectivity index (χ3n) is 4.10. The van der Waals surface area contributed by atoms with Crippen LogP contribution < -0.4 is 11.1 Å². The van der Waals surface area contributed by atoms with Crippen LogP contribution in [0.4, 0.5) is 5.69 Å². The molecule has 0 aliphatic rings. The van der Waals surface area contributed by atoms with E-state index in [4.69, 9.17) is 5.73 Å². The highest BCUT2D eigenvalue weighted by molar-refractivity contribution is 8.00. The number of rotatable bonds is 10. The van der Waals surface area contributed by atoms with E-state index in [0.29, 0.717) is 35.1 Å². The van der Waals surface area contributed by atoms with E-state index in [1.807, 2.05) is 13.8 Å². The maximum absolute atomic E-state index is 12.7. The first-order valence-electron chi connectivity index (χ1n) is 9.09. The third-order valence-corrected chi connectivity index (χ3v) is 5.24. The number of aromatic nitrogens is 3. The maximum atomic E-state index is 12.7. The smallest absolute Gasteiger partial charge is 0.224 e. The van der Waals surface area contributed by atoms with E-state index in [1.54, 1.807) is 35.9 Å². The minimum atomic E-state index is -0.393. The highest BCUT2D eigenvalue weighted by Gasteiger charge is 2.20. The number of thioether (sulfide) groups is 1. The minimum Gasteiger partial charge on any atom is -0.370 e. The maximum Gasteiger partial charge on any atom is 0.224 e. The lowest BCUT2D eigenvalue weighted by atomic mass is 10.1. The van der Waals surface area contributed by atoms with Crippen molar-refractivity contribution in [3.05, 3.63) is 35.7 Å². The zero-order chi connectivity index (χ0) is 20.7. The quantitative estimate of drug-likeness (QED) is 0.464. The highest BCUT2D eigenvalue weighted by Crippen LogP contribution is 2.25. The number of primary amides is 1. The van der Waals surface area contributed by atoms with Gasteiger partial charge in [0, 0.05) is 37.6 Å². The second kappa shape index (κ2) is 10.0. The van der Waals surface area contributed by atoms with Gasteiger partial charge in [-0.05, 0) is 37.6 Å². The van der Waals surface area contributed by atoms with Gasteiger partial charge in [-0.1, -0.05) is 18.7 Å². The fourth-order valence-electron chi connectivity index (χ4n) is 2.52. The molecule has 0 radical (unpaired) electrons. The number of carbonyl (C=O) groups excluding carboxylic acids is 3. The highest BCUT2D eigenvalue weighted by atomic mass is 32.2. The van der Waals surface area contributed by atoms with Crippen molar-refractivity contribution in [1.82, 2.24) is 14.8 Å². The number of amides is 2. The van der Waals surface area contributed by atoms with Crippen molar-refractivity contribution in [1.29, 1.82) is 0 Å². The zero-order valence-corrected chi connectivity index (χ0v) is 17.1. The van der Waals surface area contributed by atoms with Crippen molar-refractivity contribution >= 4 is 35.0 Å². The largest absolute Gasteiger partial charge is 0.370 e. The van der Waals surface area contributed by atoms with Gasteiger partial charge in [-0.3, -0.25) is 14.4 Å². The molecule has 1 aromatic carbocycles. The van der Waals surface area contributed by atoms with Gasteiger partial charge in [0.1, 0.15) is 5.82 Å². The number of aryl methyl sites for hydroxylation is 1. The van der Waals surface area contributed by atoms with Gasteiger partial charge in [0.05, 0.1) is 5.25 Å². The Morgan fingerprint density at radius 2 is 1.86 bits per heavy atom. The lowest BCUT2D eigenvalue weighted by molar-refractivity contribution is -0.118. The summed E-state index contributed by atoms with van der Waals surface area (Å²) in [6, 6.07) is 6.86. The van der Waals surface area contributed by atoms with Crippen LogP contribution in [0, 0.1) is 0 Å². The van der Waals surface area contributed by atoms with Gasteiger partial charge in [-0.15, -0.1) is 10.2 Å². The average Bonchev–Trinajstić information content (AvgIpc) is 3.00. The Morgan fingerprint density at radius 3 is 2.46 bits per heavy atom. The predicted molar refractivity (Wildman–Crippen MR) is 108 cm³/mol. The van der Waals surface area contributed by atoms with Crippen LogP contribution in [0.1, 0.15) is 49.3 Å². The molecule has 0 saturated carbocycles. The number of nitrogens with two attached hydrogens (primary N) is 1. The number of hydrogen-bond donors (Lipinski definition) is 2. The molecule has 1 atom stereocenters. The Balaban J connectivity index is 1.99. The van der Waals surface area contributed by atoms with Gasteiger partial charge >= 0.3 is 0 Å². The van der Waals surface area contributed by atoms with E-state index < -0.39 is 5.91 Å². The molecule has 150 valence electrons. The molecule has 0 spiro atoms. The first kappa shape index (κ1) is 21.6. The average molecular weight is 404 g/mol. The van der Waals surface area contributed by atoms with Crippen LogP contribution in [0.2, 0.25) is 0 Å². The van der Waals surface area contributed by atoms with Crippen LogP contribution in [0.25, 0.3) is 0 Å². The number of nitrogens with zero attached hydrogens (tertiary/aromatic N) is 3. The van der Waals surface area contributed by atoms with E-state index in [2.05, 4.69) is 15.5 Å². The Labute approximate surface area is 168 Å². The monoisotopic (exact) mass is 403 g/mol. The zero-order valence-electron chi connectivity index (χ0n) is 16.3. The summed E-state index contributed by atoms with van der Waals surface area (Å²) in [7, 11) is 1.80. The van der Waals surface area contributed by atoms with Gasteiger partial charge in [-0.25, -0.2) is 0 Å². The van der Waals surface area contributed by atoms with Crippen LogP contribution in [0.3, 0.4) is 0 Å². The Kier molecular flexibility index (Phi) is 7.74. The first-order valence-corrected chi connectivity index (χ1v) is 9.97. The summed E-state index contributed by atoms with van der Waals surface area (Å²) in [4.78, 5) is 35.3. The number of anilines is 1. The summed E-state index contributed by atoms with van der Waals surface area (Å²) in [6.45, 7) is 3.75. The second-order valence-corrected chi connectivity index (χ2v) is 7.73. The summed E-state index contributed by atoms with van der Waals surface area (Å²) >= 11 is 1.30. The Bertz CT molecular complexity index is 848. The van der Waals surface area contributed by atoms with Crippen molar-refractivity contribution in [3.63, 3.8) is 0 Å². The van der Waals surface area contributed by atoms with Crippen LogP contribution >= 0.6 is 11.8 Å². The number of Topliss-reactive ketones (excluding diaryl/α,β-unsaturated/α-hetero) is 1. The van der Waals surface area contributed by atoms with Crippen molar-refractivity contribution < 1.29 is 14.4 Å². The van der Waals surface area contributed by atoms with Crippen molar-refractivity contribution in [2.75, 3.05) is 5.32 Å². The normalized spacial score (nSPS) is 11.8. The van der Waals surface area contributed by atoms with Gasteiger partial charge in [-0.2, -0.15) is 0 Å². The van der Waals surface area contributed by atoms with Gasteiger partial charge < -0.3 is 15.6 Å². The second-order valence-electron chi connectivity index (χ2n) is 6.42. The van der Waals surface area contributed by atoms with Crippen LogP contribution in [-0.4, -0.2) is 37.6 Å². The molecular formula is C19H25N5O3S. The molecule has 0 bridgehead atoms. The van der Waals surface area contributed by atoms with Crippen molar-refractivity contribution in [2.24, 2.45) is 12.8 Å². The summed E-state index contributed by atoms with van der Waals surface area (Å²) in [5.74, 6) is 0.168. The van der Waals surface area contributed by atoms with E-state index >= 15 is 0 Å². The lowest BCUT2D eigenvalue weighted by Crippen LogP contribution is -2.15. The molecule has 1 heterocycles. The Morgan fingerprint density at radius 1 is 1.18 bits per heavy atom. The molecule has 0 fully saturated rings. The molecule has 0 aliphatic carbocycles. The van der Waals surface area contributed by atoms with Crippen molar-refractivity contribution in [3.8, 4) is 0 Å². The molecule has 2 amide bonds. The fraction of sp³-hybridized carbons (Fsp3) is 0.421. The van der Waals surface area contributed by atoms with Gasteiger partial charge in [0.2, 0.25) is 11.8 Å². The fourth-order valence-corrected chi connectivity index (χ4v) is 3.43. The molecule has 9 heteroatoms. The van der Waals surface area contributed by atoms with Gasteiger partial charge in [0.15, 0.2) is 10.9 Å². The number of benzene rings is 1. The molecule has 0 saturated heterocycles. The van der Waals surface area contributed by atoms with E-state index in [-0.39, 0.29) is 23.4 Å². The number of nitrogens with one attached hydrogen (secondary N) is 1. The van der Waals surface area contributed by atoms with E-state index in [9.17, 15) is 14.4 Å². The number of ketones is 1. The molecule has 8 nitrogen and oxygen atoms in total. The summed E-state index contributed by atoms with van der Waals surface area (Å²) in [5.41, 5.74) is 6.39. The first-order chi connectivity index (χ1) is 13.3. The topological polar surface area (TPSA) is 120 Å². The molecule has 2 aromatic rings. The number of carbonyl (C=O) groups is 3. The molecule has 1 aromatic heterocycles. The summed E-state index contributed by atoms with van der Waals surface area (Å²) in [5, 5.41) is 11.2. The summed E-state index contributed by atoms with van der Waals surface area (Å²) in [6.07, 6.45) is 1.86. The lowest BCUT2D eigenvalue weighted by Gasteiger charge is -2.11.